The van der Waals surface area contributed by atoms with Gasteiger partial charge in [-0.25, -0.2) is 4.68 Å². The SMILES string of the molecule is Cc1c(C=O)c(=O)n(C2=CCC=CC=C2)n1C. The summed E-state index contributed by atoms with van der Waals surface area (Å²) in [5.74, 6) is 0. The fourth-order valence-corrected chi connectivity index (χ4v) is 1.88. The highest BCUT2D eigenvalue weighted by Crippen LogP contribution is 2.12. The Morgan fingerprint density at radius 1 is 1.35 bits per heavy atom. The minimum absolute atomic E-state index is 0.221. The summed E-state index contributed by atoms with van der Waals surface area (Å²) < 4.78 is 3.22. The molecule has 1 aliphatic carbocycles. The molecule has 17 heavy (non-hydrogen) atoms. The second kappa shape index (κ2) is 4.41. The Labute approximate surface area is 99.1 Å². The van der Waals surface area contributed by atoms with Gasteiger partial charge in [-0.05, 0) is 19.4 Å². The summed E-state index contributed by atoms with van der Waals surface area (Å²) in [7, 11) is 1.77. The molecule has 0 saturated carbocycles. The fraction of sp³-hybridized carbons (Fsp3) is 0.231. The maximum Gasteiger partial charge on any atom is 0.282 e. The van der Waals surface area contributed by atoms with E-state index in [0.29, 0.717) is 12.0 Å². The summed E-state index contributed by atoms with van der Waals surface area (Å²) >= 11 is 0. The molecule has 1 aliphatic rings. The first-order valence-electron chi connectivity index (χ1n) is 5.44. The molecule has 4 heteroatoms. The predicted molar refractivity (Wildman–Crippen MR) is 67.0 cm³/mol. The zero-order valence-electron chi connectivity index (χ0n) is 9.88. The van der Waals surface area contributed by atoms with Crippen LogP contribution in [0.1, 0.15) is 22.5 Å². The van der Waals surface area contributed by atoms with Crippen LogP contribution < -0.4 is 5.56 Å². The molecular formula is C13H14N2O2. The van der Waals surface area contributed by atoms with Crippen molar-refractivity contribution in [2.45, 2.75) is 13.3 Å². The number of allylic oxidation sites excluding steroid dienone is 6. The third-order valence-electron chi connectivity index (χ3n) is 2.94. The second-order valence-electron chi connectivity index (χ2n) is 3.91. The molecule has 0 fully saturated rings. The van der Waals surface area contributed by atoms with Crippen LogP contribution in [0, 0.1) is 6.92 Å². The van der Waals surface area contributed by atoms with Gasteiger partial charge < -0.3 is 0 Å². The van der Waals surface area contributed by atoms with Crippen LogP contribution in [0.15, 0.2) is 35.2 Å². The molecule has 0 spiro atoms. The van der Waals surface area contributed by atoms with Crippen molar-refractivity contribution in [3.05, 3.63) is 52.0 Å². The molecule has 1 heterocycles. The fourth-order valence-electron chi connectivity index (χ4n) is 1.88. The summed E-state index contributed by atoms with van der Waals surface area (Å²) in [5, 5.41) is 0. The maximum atomic E-state index is 12.1. The van der Waals surface area contributed by atoms with Crippen LogP contribution >= 0.6 is 0 Å². The quantitative estimate of drug-likeness (QED) is 0.725. The number of aldehydes is 1. The van der Waals surface area contributed by atoms with Gasteiger partial charge in [0.05, 0.1) is 5.70 Å². The van der Waals surface area contributed by atoms with Crippen molar-refractivity contribution < 1.29 is 4.79 Å². The average Bonchev–Trinajstić information content (AvgIpc) is 2.55. The molecule has 88 valence electrons. The minimum atomic E-state index is -0.266. The van der Waals surface area contributed by atoms with E-state index in [4.69, 9.17) is 0 Å². The highest BCUT2D eigenvalue weighted by molar-refractivity contribution is 5.76. The third kappa shape index (κ3) is 1.82. The van der Waals surface area contributed by atoms with Crippen LogP contribution in [-0.4, -0.2) is 15.6 Å². The van der Waals surface area contributed by atoms with Crippen molar-refractivity contribution in [3.8, 4) is 0 Å². The second-order valence-corrected chi connectivity index (χ2v) is 3.91. The lowest BCUT2D eigenvalue weighted by Gasteiger charge is -2.08. The van der Waals surface area contributed by atoms with Gasteiger partial charge in [0.2, 0.25) is 0 Å². The number of aromatic nitrogens is 2. The number of carbonyl (C=O) groups excluding carboxylic acids is 1. The Morgan fingerprint density at radius 2 is 2.12 bits per heavy atom. The van der Waals surface area contributed by atoms with E-state index >= 15 is 0 Å². The summed E-state index contributed by atoms with van der Waals surface area (Å²) in [6.45, 7) is 1.76. The van der Waals surface area contributed by atoms with E-state index in [0.717, 1.165) is 12.1 Å². The molecular weight excluding hydrogens is 216 g/mol. The molecule has 4 nitrogen and oxygen atoms in total. The largest absolute Gasteiger partial charge is 0.298 e. The van der Waals surface area contributed by atoms with Crippen LogP contribution in [0.2, 0.25) is 0 Å². The van der Waals surface area contributed by atoms with Crippen LogP contribution in [0.4, 0.5) is 0 Å². The molecule has 0 atom stereocenters. The molecule has 0 aromatic carbocycles. The van der Waals surface area contributed by atoms with Crippen LogP contribution in [0.3, 0.4) is 0 Å². The van der Waals surface area contributed by atoms with Gasteiger partial charge in [0.1, 0.15) is 5.56 Å². The average molecular weight is 230 g/mol. The summed E-state index contributed by atoms with van der Waals surface area (Å²) in [5.41, 5.74) is 1.42. The lowest BCUT2D eigenvalue weighted by atomic mass is 10.3. The maximum absolute atomic E-state index is 12.1. The van der Waals surface area contributed by atoms with Crippen molar-refractivity contribution in [1.29, 1.82) is 0 Å². The smallest absolute Gasteiger partial charge is 0.282 e. The molecule has 0 bridgehead atoms. The van der Waals surface area contributed by atoms with Crippen molar-refractivity contribution in [2.75, 3.05) is 0 Å². The number of carbonyl (C=O) groups is 1. The number of nitrogens with zero attached hydrogens (tertiary/aromatic N) is 2. The highest BCUT2D eigenvalue weighted by Gasteiger charge is 2.15. The van der Waals surface area contributed by atoms with Crippen molar-refractivity contribution in [1.82, 2.24) is 9.36 Å². The van der Waals surface area contributed by atoms with Crippen molar-refractivity contribution in [2.24, 2.45) is 7.05 Å². The molecule has 0 N–H and O–H groups in total. The van der Waals surface area contributed by atoms with Crippen LogP contribution in [-0.2, 0) is 7.05 Å². The molecule has 0 amide bonds. The van der Waals surface area contributed by atoms with Crippen LogP contribution in [0.5, 0.6) is 0 Å². The zero-order chi connectivity index (χ0) is 12.4. The summed E-state index contributed by atoms with van der Waals surface area (Å²) in [4.78, 5) is 23.0. The van der Waals surface area contributed by atoms with Crippen molar-refractivity contribution in [3.63, 3.8) is 0 Å². The third-order valence-corrected chi connectivity index (χ3v) is 2.94. The highest BCUT2D eigenvalue weighted by atomic mass is 16.1. The topological polar surface area (TPSA) is 44.0 Å². The van der Waals surface area contributed by atoms with E-state index in [1.165, 1.54) is 4.68 Å². The molecule has 0 saturated heterocycles. The van der Waals surface area contributed by atoms with E-state index in [1.807, 2.05) is 30.4 Å². The molecule has 0 aliphatic heterocycles. The van der Waals surface area contributed by atoms with Gasteiger partial charge in [-0.2, -0.15) is 0 Å². The Kier molecular flexibility index (Phi) is 2.95. The molecule has 0 radical (unpaired) electrons. The first-order valence-corrected chi connectivity index (χ1v) is 5.44. The van der Waals surface area contributed by atoms with Gasteiger partial charge in [-0.1, -0.05) is 24.3 Å². The first kappa shape index (κ1) is 11.4. The Morgan fingerprint density at radius 3 is 2.76 bits per heavy atom. The van der Waals surface area contributed by atoms with E-state index in [2.05, 4.69) is 0 Å². The minimum Gasteiger partial charge on any atom is -0.298 e. The number of hydrogen-bond donors (Lipinski definition) is 0. The Balaban J connectivity index is 2.65. The summed E-state index contributed by atoms with van der Waals surface area (Å²) in [6, 6.07) is 0. The molecule has 1 aromatic heterocycles. The molecule has 1 aromatic rings. The standard InChI is InChI=1S/C13H14N2O2/c1-10-12(9-16)13(17)15(14(10)2)11-7-5-3-4-6-8-11/h3-5,7-9H,6H2,1-2H3. The first-order chi connectivity index (χ1) is 8.16. The Bertz CT molecular complexity index is 598. The van der Waals surface area contributed by atoms with Crippen LogP contribution in [0.25, 0.3) is 5.70 Å². The molecule has 0 unspecified atom stereocenters. The van der Waals surface area contributed by atoms with Gasteiger partial charge in [-0.15, -0.1) is 0 Å². The van der Waals surface area contributed by atoms with E-state index in [1.54, 1.807) is 18.7 Å². The van der Waals surface area contributed by atoms with E-state index in [-0.39, 0.29) is 11.1 Å². The van der Waals surface area contributed by atoms with E-state index < -0.39 is 0 Å². The number of hydrogen-bond acceptors (Lipinski definition) is 2. The Hall–Kier alpha value is -2.10. The van der Waals surface area contributed by atoms with Gasteiger partial charge in [0.15, 0.2) is 6.29 Å². The van der Waals surface area contributed by atoms with E-state index in [9.17, 15) is 9.59 Å². The number of rotatable bonds is 2. The van der Waals surface area contributed by atoms with Gasteiger partial charge in [0.25, 0.3) is 5.56 Å². The van der Waals surface area contributed by atoms with Gasteiger partial charge in [-0.3, -0.25) is 14.3 Å². The molecule has 2 rings (SSSR count). The lowest BCUT2D eigenvalue weighted by Crippen LogP contribution is -2.21. The zero-order valence-corrected chi connectivity index (χ0v) is 9.88. The van der Waals surface area contributed by atoms with Crippen molar-refractivity contribution >= 4 is 12.0 Å². The van der Waals surface area contributed by atoms with Gasteiger partial charge in [0, 0.05) is 12.7 Å². The predicted octanol–water partition coefficient (Wildman–Crippen LogP) is 1.66. The normalized spacial score (nSPS) is 14.6. The monoisotopic (exact) mass is 230 g/mol. The summed E-state index contributed by atoms with van der Waals surface area (Å²) in [6.07, 6.45) is 11.0. The lowest BCUT2D eigenvalue weighted by molar-refractivity contribution is 0.112. The van der Waals surface area contributed by atoms with Gasteiger partial charge >= 0.3 is 0 Å².